The van der Waals surface area contributed by atoms with E-state index >= 15 is 0 Å². The minimum Gasteiger partial charge on any atom is -0.497 e. The topological polar surface area (TPSA) is 46.2 Å². The van der Waals surface area contributed by atoms with Gasteiger partial charge >= 0.3 is 0 Å². The van der Waals surface area contributed by atoms with Crippen LogP contribution in [-0.2, 0) is 0 Å². The number of hydrogen-bond donors (Lipinski definition) is 2. The highest BCUT2D eigenvalue weighted by atomic mass is 35.5. The number of nitrogens with zero attached hydrogens (tertiary/aromatic N) is 1. The van der Waals surface area contributed by atoms with Crippen LogP contribution in [0.25, 0.3) is 10.9 Å². The maximum Gasteiger partial charge on any atom is 0.121 e. The summed E-state index contributed by atoms with van der Waals surface area (Å²) < 4.78 is 5.39. The lowest BCUT2D eigenvalue weighted by molar-refractivity contribution is 0.374. The summed E-state index contributed by atoms with van der Waals surface area (Å²) in [6.07, 6.45) is 9.65. The molecular formula is C19H29Cl2N3O. The molecule has 140 valence electrons. The number of ether oxygens (including phenoxy) is 1. The molecule has 1 fully saturated rings. The first-order valence-corrected chi connectivity index (χ1v) is 8.77. The number of hydrogen-bond acceptors (Lipinski definition) is 4. The summed E-state index contributed by atoms with van der Waals surface area (Å²) in [6.45, 7) is 2.18. The number of methoxy groups -OCH3 is 1. The van der Waals surface area contributed by atoms with Gasteiger partial charge in [0, 0.05) is 30.2 Å². The van der Waals surface area contributed by atoms with Gasteiger partial charge in [-0.15, -0.1) is 24.8 Å². The first kappa shape index (κ1) is 21.8. The Hall–Kier alpha value is -1.23. The zero-order chi connectivity index (χ0) is 15.9. The van der Waals surface area contributed by atoms with E-state index in [0.29, 0.717) is 0 Å². The van der Waals surface area contributed by atoms with E-state index in [-0.39, 0.29) is 24.8 Å². The largest absolute Gasteiger partial charge is 0.497 e. The fraction of sp³-hybridized carbons (Fsp3) is 0.526. The maximum absolute atomic E-state index is 5.39. The minimum atomic E-state index is 0. The molecule has 1 aliphatic heterocycles. The summed E-state index contributed by atoms with van der Waals surface area (Å²) in [5, 5.41) is 8.27. The van der Waals surface area contributed by atoms with Crippen molar-refractivity contribution in [2.75, 3.05) is 25.5 Å². The van der Waals surface area contributed by atoms with Crippen LogP contribution in [-0.4, -0.2) is 31.2 Å². The minimum absolute atomic E-state index is 0. The van der Waals surface area contributed by atoms with E-state index in [1.165, 1.54) is 45.1 Å². The Morgan fingerprint density at radius 2 is 2.12 bits per heavy atom. The molecule has 2 aromatic rings. The van der Waals surface area contributed by atoms with Gasteiger partial charge in [0.15, 0.2) is 0 Å². The SMILES string of the molecule is COc1cc(NCCCCC2CCCCN2)c2ncccc2c1.Cl.Cl. The lowest BCUT2D eigenvalue weighted by Crippen LogP contribution is -2.33. The average molecular weight is 386 g/mol. The predicted octanol–water partition coefficient (Wildman–Crippen LogP) is 4.81. The van der Waals surface area contributed by atoms with Crippen molar-refractivity contribution in [1.29, 1.82) is 0 Å². The quantitative estimate of drug-likeness (QED) is 0.671. The second-order valence-electron chi connectivity index (χ2n) is 6.32. The van der Waals surface area contributed by atoms with Crippen LogP contribution in [0.5, 0.6) is 5.75 Å². The van der Waals surface area contributed by atoms with Crippen molar-refractivity contribution < 1.29 is 4.74 Å². The van der Waals surface area contributed by atoms with Crippen molar-refractivity contribution in [2.24, 2.45) is 0 Å². The van der Waals surface area contributed by atoms with Gasteiger partial charge in [0.25, 0.3) is 0 Å². The lowest BCUT2D eigenvalue weighted by atomic mass is 10.00. The number of aromatic nitrogens is 1. The third-order valence-corrected chi connectivity index (χ3v) is 4.62. The van der Waals surface area contributed by atoms with E-state index in [1.807, 2.05) is 24.4 Å². The molecule has 1 aromatic heterocycles. The molecule has 6 heteroatoms. The number of benzene rings is 1. The number of fused-ring (bicyclic) bond motifs is 1. The zero-order valence-corrected chi connectivity index (χ0v) is 16.4. The van der Waals surface area contributed by atoms with Gasteiger partial charge in [-0.3, -0.25) is 4.98 Å². The van der Waals surface area contributed by atoms with Crippen molar-refractivity contribution in [3.05, 3.63) is 30.5 Å². The molecule has 0 aliphatic carbocycles. The first-order valence-electron chi connectivity index (χ1n) is 8.77. The second-order valence-corrected chi connectivity index (χ2v) is 6.32. The van der Waals surface area contributed by atoms with E-state index in [0.717, 1.165) is 34.9 Å². The van der Waals surface area contributed by atoms with Gasteiger partial charge in [0.1, 0.15) is 5.75 Å². The van der Waals surface area contributed by atoms with Crippen molar-refractivity contribution in [3.8, 4) is 5.75 Å². The van der Waals surface area contributed by atoms with Gasteiger partial charge in [0.05, 0.1) is 18.3 Å². The van der Waals surface area contributed by atoms with Gasteiger partial charge < -0.3 is 15.4 Å². The van der Waals surface area contributed by atoms with E-state index in [1.54, 1.807) is 7.11 Å². The van der Waals surface area contributed by atoms with Gasteiger partial charge in [-0.05, 0) is 44.4 Å². The molecule has 1 unspecified atom stereocenters. The number of rotatable bonds is 7. The lowest BCUT2D eigenvalue weighted by Gasteiger charge is -2.23. The summed E-state index contributed by atoms with van der Waals surface area (Å²) in [7, 11) is 1.71. The van der Waals surface area contributed by atoms with E-state index in [2.05, 4.69) is 21.7 Å². The molecule has 25 heavy (non-hydrogen) atoms. The molecule has 3 rings (SSSR count). The second kappa shape index (κ2) is 11.4. The number of halogens is 2. The summed E-state index contributed by atoms with van der Waals surface area (Å²) in [4.78, 5) is 4.50. The Morgan fingerprint density at radius 1 is 1.24 bits per heavy atom. The first-order chi connectivity index (χ1) is 11.4. The highest BCUT2D eigenvalue weighted by molar-refractivity contribution is 5.91. The zero-order valence-electron chi connectivity index (χ0n) is 14.8. The van der Waals surface area contributed by atoms with Crippen LogP contribution in [0.3, 0.4) is 0 Å². The Kier molecular flexibility index (Phi) is 9.94. The van der Waals surface area contributed by atoms with Crippen LogP contribution in [0.2, 0.25) is 0 Å². The molecule has 0 bridgehead atoms. The number of anilines is 1. The standard InChI is InChI=1S/C19H27N3O.2ClH/c1-23-17-13-15-7-6-12-22-19(15)18(14-17)21-11-5-3-9-16-8-2-4-10-20-16;;/h6-7,12-14,16,20-21H,2-5,8-11H2,1H3;2*1H. The van der Waals surface area contributed by atoms with E-state index in [9.17, 15) is 0 Å². The fourth-order valence-corrected chi connectivity index (χ4v) is 3.33. The summed E-state index contributed by atoms with van der Waals surface area (Å²) >= 11 is 0. The molecule has 4 nitrogen and oxygen atoms in total. The molecule has 2 N–H and O–H groups in total. The Balaban J connectivity index is 0.00000156. The Morgan fingerprint density at radius 3 is 2.88 bits per heavy atom. The number of nitrogens with one attached hydrogen (secondary N) is 2. The molecule has 0 spiro atoms. The van der Waals surface area contributed by atoms with Gasteiger partial charge in [0.2, 0.25) is 0 Å². The van der Waals surface area contributed by atoms with Crippen molar-refractivity contribution in [2.45, 2.75) is 44.6 Å². The number of pyridine rings is 1. The van der Waals surface area contributed by atoms with Crippen LogP contribution in [0.1, 0.15) is 38.5 Å². The smallest absolute Gasteiger partial charge is 0.121 e. The predicted molar refractivity (Wildman–Crippen MR) is 111 cm³/mol. The molecule has 2 heterocycles. The summed E-state index contributed by atoms with van der Waals surface area (Å²) in [5.74, 6) is 0.874. The van der Waals surface area contributed by atoms with Crippen LogP contribution < -0.4 is 15.4 Å². The van der Waals surface area contributed by atoms with Crippen LogP contribution in [0.4, 0.5) is 5.69 Å². The molecule has 0 amide bonds. The highest BCUT2D eigenvalue weighted by Crippen LogP contribution is 2.27. The average Bonchev–Trinajstić information content (AvgIpc) is 2.62. The van der Waals surface area contributed by atoms with Gasteiger partial charge in [-0.2, -0.15) is 0 Å². The molecule has 1 saturated heterocycles. The van der Waals surface area contributed by atoms with E-state index < -0.39 is 0 Å². The van der Waals surface area contributed by atoms with E-state index in [4.69, 9.17) is 4.74 Å². The summed E-state index contributed by atoms with van der Waals surface area (Å²) in [5.41, 5.74) is 2.08. The number of piperidine rings is 1. The Bertz CT molecular complexity index is 633. The molecular weight excluding hydrogens is 357 g/mol. The monoisotopic (exact) mass is 385 g/mol. The molecule has 0 radical (unpaired) electrons. The number of unbranched alkanes of at least 4 members (excludes halogenated alkanes) is 1. The van der Waals surface area contributed by atoms with Crippen LogP contribution in [0, 0.1) is 0 Å². The summed E-state index contributed by atoms with van der Waals surface area (Å²) in [6, 6.07) is 8.84. The third-order valence-electron chi connectivity index (χ3n) is 4.62. The maximum atomic E-state index is 5.39. The van der Waals surface area contributed by atoms with Crippen LogP contribution in [0.15, 0.2) is 30.5 Å². The third kappa shape index (κ3) is 6.21. The molecule has 1 aliphatic rings. The van der Waals surface area contributed by atoms with Crippen molar-refractivity contribution >= 4 is 41.4 Å². The molecule has 0 saturated carbocycles. The normalized spacial score (nSPS) is 16.6. The van der Waals surface area contributed by atoms with Crippen LogP contribution >= 0.6 is 24.8 Å². The van der Waals surface area contributed by atoms with Gasteiger partial charge in [-0.25, -0.2) is 0 Å². The molecule has 1 atom stereocenters. The highest BCUT2D eigenvalue weighted by Gasteiger charge is 2.11. The fourth-order valence-electron chi connectivity index (χ4n) is 3.33. The molecule has 1 aromatic carbocycles. The van der Waals surface area contributed by atoms with Crippen molar-refractivity contribution in [1.82, 2.24) is 10.3 Å². The van der Waals surface area contributed by atoms with Crippen molar-refractivity contribution in [3.63, 3.8) is 0 Å². The Labute approximate surface area is 162 Å². The van der Waals surface area contributed by atoms with Gasteiger partial charge in [-0.1, -0.05) is 18.9 Å².